The monoisotopic (exact) mass is 143 g/mol. The van der Waals surface area contributed by atoms with Gasteiger partial charge in [0.2, 0.25) is 0 Å². The van der Waals surface area contributed by atoms with E-state index in [4.69, 9.17) is 0 Å². The number of nitrogens with zero attached hydrogens (tertiary/aromatic N) is 1. The fourth-order valence-electron chi connectivity index (χ4n) is 1.43. The van der Waals surface area contributed by atoms with E-state index in [-0.39, 0.29) is 7.43 Å². The van der Waals surface area contributed by atoms with Crippen molar-refractivity contribution in [2.24, 2.45) is 0 Å². The Morgan fingerprint density at radius 1 is 1.00 bits per heavy atom. The third-order valence-electron chi connectivity index (χ3n) is 2.12. The first kappa shape index (κ1) is 9.96. The largest absolute Gasteiger partial charge is 0.301 e. The molecule has 0 aliphatic carbocycles. The average Bonchev–Trinajstić information content (AvgIpc) is 1.90. The molecule has 1 aliphatic heterocycles. The zero-order valence-corrected chi connectivity index (χ0v) is 6.56. The van der Waals surface area contributed by atoms with Crippen LogP contribution in [0.1, 0.15) is 40.5 Å². The van der Waals surface area contributed by atoms with Crippen molar-refractivity contribution in [3.8, 4) is 0 Å². The van der Waals surface area contributed by atoms with Crippen LogP contribution in [-0.4, -0.2) is 24.0 Å². The van der Waals surface area contributed by atoms with Crippen molar-refractivity contribution in [2.75, 3.05) is 13.1 Å². The molecule has 1 heteroatoms. The number of hydrogen-bond acceptors (Lipinski definition) is 1. The highest BCUT2D eigenvalue weighted by atomic mass is 15.1. The molecule has 0 amide bonds. The highest BCUT2D eigenvalue weighted by Crippen LogP contribution is 2.10. The van der Waals surface area contributed by atoms with Gasteiger partial charge in [0.25, 0.3) is 0 Å². The second-order valence-corrected chi connectivity index (χ2v) is 3.19. The topological polar surface area (TPSA) is 3.24 Å². The molecule has 0 spiro atoms. The van der Waals surface area contributed by atoms with Crippen molar-refractivity contribution in [3.63, 3.8) is 0 Å². The van der Waals surface area contributed by atoms with E-state index in [0.717, 1.165) is 6.04 Å². The van der Waals surface area contributed by atoms with E-state index >= 15 is 0 Å². The summed E-state index contributed by atoms with van der Waals surface area (Å²) in [7, 11) is 0. The van der Waals surface area contributed by atoms with Crippen LogP contribution in [0.3, 0.4) is 0 Å². The maximum absolute atomic E-state index is 2.56. The highest BCUT2D eigenvalue weighted by Gasteiger charge is 2.11. The second-order valence-electron chi connectivity index (χ2n) is 3.19. The summed E-state index contributed by atoms with van der Waals surface area (Å²) in [6, 6.07) is 0.769. The first-order valence-electron chi connectivity index (χ1n) is 4.05. The SMILES string of the molecule is C.CC(C)N1CCCCC1. The van der Waals surface area contributed by atoms with Gasteiger partial charge in [-0.25, -0.2) is 0 Å². The summed E-state index contributed by atoms with van der Waals surface area (Å²) >= 11 is 0. The molecule has 0 atom stereocenters. The van der Waals surface area contributed by atoms with Gasteiger partial charge in [-0.15, -0.1) is 0 Å². The molecule has 1 saturated heterocycles. The number of rotatable bonds is 1. The van der Waals surface area contributed by atoms with E-state index in [2.05, 4.69) is 18.7 Å². The van der Waals surface area contributed by atoms with Crippen LogP contribution in [0, 0.1) is 0 Å². The van der Waals surface area contributed by atoms with Gasteiger partial charge in [-0.1, -0.05) is 13.8 Å². The first-order valence-corrected chi connectivity index (χ1v) is 4.05. The minimum absolute atomic E-state index is 0. The molecule has 0 aromatic carbocycles. The van der Waals surface area contributed by atoms with Crippen LogP contribution in [0.4, 0.5) is 0 Å². The molecule has 10 heavy (non-hydrogen) atoms. The molecule has 1 heterocycles. The van der Waals surface area contributed by atoms with Crippen molar-refractivity contribution in [2.45, 2.75) is 46.6 Å². The van der Waals surface area contributed by atoms with Gasteiger partial charge in [-0.3, -0.25) is 0 Å². The highest BCUT2D eigenvalue weighted by molar-refractivity contribution is 4.67. The summed E-state index contributed by atoms with van der Waals surface area (Å²) in [4.78, 5) is 2.56. The lowest BCUT2D eigenvalue weighted by Gasteiger charge is -2.29. The van der Waals surface area contributed by atoms with Crippen LogP contribution in [0.15, 0.2) is 0 Å². The Hall–Kier alpha value is -0.0400. The lowest BCUT2D eigenvalue weighted by molar-refractivity contribution is 0.185. The van der Waals surface area contributed by atoms with E-state index in [1.807, 2.05) is 0 Å². The van der Waals surface area contributed by atoms with Crippen molar-refractivity contribution in [3.05, 3.63) is 0 Å². The van der Waals surface area contributed by atoms with Crippen LogP contribution in [0.25, 0.3) is 0 Å². The average molecular weight is 143 g/mol. The van der Waals surface area contributed by atoms with Crippen molar-refractivity contribution >= 4 is 0 Å². The molecule has 0 saturated carbocycles. The number of hydrogen-bond donors (Lipinski definition) is 0. The molecule has 0 unspecified atom stereocenters. The van der Waals surface area contributed by atoms with E-state index in [0.29, 0.717) is 0 Å². The van der Waals surface area contributed by atoms with Crippen LogP contribution in [-0.2, 0) is 0 Å². The number of likely N-dealkylation sites (tertiary alicyclic amines) is 1. The molecule has 0 N–H and O–H groups in total. The van der Waals surface area contributed by atoms with Crippen LogP contribution >= 0.6 is 0 Å². The Kier molecular flexibility index (Phi) is 4.71. The number of piperidine rings is 1. The molecular formula is C9H21N. The second kappa shape index (κ2) is 4.73. The summed E-state index contributed by atoms with van der Waals surface area (Å²) in [5.74, 6) is 0. The zero-order valence-electron chi connectivity index (χ0n) is 6.56. The Balaban J connectivity index is 0.000000810. The van der Waals surface area contributed by atoms with Crippen molar-refractivity contribution in [1.82, 2.24) is 4.90 Å². The van der Waals surface area contributed by atoms with E-state index in [1.54, 1.807) is 0 Å². The van der Waals surface area contributed by atoms with Crippen molar-refractivity contribution in [1.29, 1.82) is 0 Å². The minimum Gasteiger partial charge on any atom is -0.301 e. The molecule has 62 valence electrons. The molecule has 1 fully saturated rings. The summed E-state index contributed by atoms with van der Waals surface area (Å²) in [6.45, 7) is 7.23. The lowest BCUT2D eigenvalue weighted by Crippen LogP contribution is -2.35. The molecule has 0 aromatic rings. The molecular weight excluding hydrogens is 122 g/mol. The third-order valence-corrected chi connectivity index (χ3v) is 2.12. The lowest BCUT2D eigenvalue weighted by atomic mass is 10.1. The van der Waals surface area contributed by atoms with Gasteiger partial charge in [-0.05, 0) is 39.8 Å². The zero-order chi connectivity index (χ0) is 6.69. The van der Waals surface area contributed by atoms with Crippen molar-refractivity contribution < 1.29 is 0 Å². The maximum atomic E-state index is 2.56. The molecule has 0 aromatic heterocycles. The van der Waals surface area contributed by atoms with Crippen LogP contribution in [0.2, 0.25) is 0 Å². The van der Waals surface area contributed by atoms with Crippen LogP contribution in [0.5, 0.6) is 0 Å². The molecule has 1 nitrogen and oxygen atoms in total. The predicted molar refractivity (Wildman–Crippen MR) is 47.3 cm³/mol. The van der Waals surface area contributed by atoms with E-state index < -0.39 is 0 Å². The van der Waals surface area contributed by atoms with E-state index in [1.165, 1.54) is 32.4 Å². The standard InChI is InChI=1S/C8H17N.CH4/c1-8(2)9-6-4-3-5-7-9;/h8H,3-7H2,1-2H3;1H4. The van der Waals surface area contributed by atoms with Crippen LogP contribution < -0.4 is 0 Å². The molecule has 0 radical (unpaired) electrons. The smallest absolute Gasteiger partial charge is 0.00385 e. The van der Waals surface area contributed by atoms with Gasteiger partial charge in [0.15, 0.2) is 0 Å². The molecule has 1 rings (SSSR count). The van der Waals surface area contributed by atoms with Gasteiger partial charge < -0.3 is 4.90 Å². The fraction of sp³-hybridized carbons (Fsp3) is 1.00. The fourth-order valence-corrected chi connectivity index (χ4v) is 1.43. The normalized spacial score (nSPS) is 20.7. The third kappa shape index (κ3) is 2.70. The molecule has 1 aliphatic rings. The summed E-state index contributed by atoms with van der Waals surface area (Å²) in [5, 5.41) is 0. The van der Waals surface area contributed by atoms with Gasteiger partial charge >= 0.3 is 0 Å². The quantitative estimate of drug-likeness (QED) is 0.545. The Labute approximate surface area is 65.4 Å². The van der Waals surface area contributed by atoms with Gasteiger partial charge in [-0.2, -0.15) is 0 Å². The summed E-state index contributed by atoms with van der Waals surface area (Å²) in [5.41, 5.74) is 0. The van der Waals surface area contributed by atoms with Gasteiger partial charge in [0.05, 0.1) is 0 Å². The summed E-state index contributed by atoms with van der Waals surface area (Å²) < 4.78 is 0. The van der Waals surface area contributed by atoms with Gasteiger partial charge in [0.1, 0.15) is 0 Å². The predicted octanol–water partition coefficient (Wildman–Crippen LogP) is 2.52. The maximum Gasteiger partial charge on any atom is 0.00385 e. The van der Waals surface area contributed by atoms with E-state index in [9.17, 15) is 0 Å². The minimum atomic E-state index is 0. The molecule has 0 bridgehead atoms. The Bertz CT molecular complexity index is 72.8. The van der Waals surface area contributed by atoms with Gasteiger partial charge in [0, 0.05) is 6.04 Å². The summed E-state index contributed by atoms with van der Waals surface area (Å²) in [6.07, 6.45) is 4.28. The first-order chi connectivity index (χ1) is 4.30. The Morgan fingerprint density at radius 2 is 1.50 bits per heavy atom. The Morgan fingerprint density at radius 3 is 1.80 bits per heavy atom.